The molecule has 100 valence electrons. The highest BCUT2D eigenvalue weighted by Crippen LogP contribution is 2.26. The van der Waals surface area contributed by atoms with Gasteiger partial charge in [-0.1, -0.05) is 6.92 Å². The molecule has 0 aromatic carbocycles. The van der Waals surface area contributed by atoms with E-state index in [-0.39, 0.29) is 0 Å². The lowest BCUT2D eigenvalue weighted by Gasteiger charge is -2.24. The first kappa shape index (κ1) is 12.2. The molecular weight excluding hydrogens is 224 g/mol. The summed E-state index contributed by atoms with van der Waals surface area (Å²) >= 11 is 0. The largest absolute Gasteiger partial charge is 0.312 e. The molecule has 0 radical (unpaired) electrons. The van der Waals surface area contributed by atoms with E-state index < -0.39 is 0 Å². The Morgan fingerprint density at radius 1 is 1.44 bits per heavy atom. The molecule has 1 aromatic heterocycles. The van der Waals surface area contributed by atoms with Gasteiger partial charge in [-0.15, -0.1) is 0 Å². The van der Waals surface area contributed by atoms with E-state index in [9.17, 15) is 0 Å². The third-order valence-corrected chi connectivity index (χ3v) is 4.40. The second-order valence-electron chi connectivity index (χ2n) is 5.79. The highest BCUT2D eigenvalue weighted by molar-refractivity contribution is 5.17. The van der Waals surface area contributed by atoms with Crippen molar-refractivity contribution in [1.82, 2.24) is 20.0 Å². The summed E-state index contributed by atoms with van der Waals surface area (Å²) in [6, 6.07) is 0.737. The molecule has 2 saturated heterocycles. The fraction of sp³-hybridized carbons (Fsp3) is 0.786. The summed E-state index contributed by atoms with van der Waals surface area (Å²) in [7, 11) is 2.02. The quantitative estimate of drug-likeness (QED) is 0.871. The van der Waals surface area contributed by atoms with Crippen molar-refractivity contribution < 1.29 is 0 Å². The van der Waals surface area contributed by atoms with E-state index in [1.54, 1.807) is 0 Å². The van der Waals surface area contributed by atoms with E-state index in [0.717, 1.165) is 24.9 Å². The number of aryl methyl sites for hydroxylation is 2. The Morgan fingerprint density at radius 2 is 2.33 bits per heavy atom. The maximum absolute atomic E-state index is 4.54. The van der Waals surface area contributed by atoms with Crippen molar-refractivity contribution in [3.8, 4) is 0 Å². The lowest BCUT2D eigenvalue weighted by Crippen LogP contribution is -2.40. The highest BCUT2D eigenvalue weighted by Gasteiger charge is 2.34. The standard InChI is InChI=1S/C14H24N4/c1-3-13-12(7-17(2)16-13)9-18-8-11-5-4-6-15-14(11)10-18/h7,11,14-15H,3-6,8-10H2,1-2H3. The number of nitrogens with zero attached hydrogens (tertiary/aromatic N) is 3. The van der Waals surface area contributed by atoms with Gasteiger partial charge in [0.2, 0.25) is 0 Å². The number of fused-ring (bicyclic) bond motifs is 1. The molecule has 0 spiro atoms. The smallest absolute Gasteiger partial charge is 0.0666 e. The molecule has 0 aliphatic carbocycles. The summed E-state index contributed by atoms with van der Waals surface area (Å²) in [4.78, 5) is 2.60. The van der Waals surface area contributed by atoms with E-state index in [2.05, 4.69) is 28.4 Å². The number of hydrogen-bond donors (Lipinski definition) is 1. The molecule has 3 rings (SSSR count). The fourth-order valence-electron chi connectivity index (χ4n) is 3.52. The van der Waals surface area contributed by atoms with Crippen LogP contribution >= 0.6 is 0 Å². The van der Waals surface area contributed by atoms with Crippen LogP contribution in [0.15, 0.2) is 6.20 Å². The van der Waals surface area contributed by atoms with Gasteiger partial charge in [-0.25, -0.2) is 0 Å². The van der Waals surface area contributed by atoms with Gasteiger partial charge in [0.05, 0.1) is 5.69 Å². The SMILES string of the molecule is CCc1nn(C)cc1CN1CC2CCCNC2C1. The molecule has 2 fully saturated rings. The lowest BCUT2D eigenvalue weighted by atomic mass is 9.94. The van der Waals surface area contributed by atoms with Crippen LogP contribution < -0.4 is 5.32 Å². The van der Waals surface area contributed by atoms with Gasteiger partial charge in [0.15, 0.2) is 0 Å². The van der Waals surface area contributed by atoms with Gasteiger partial charge >= 0.3 is 0 Å². The number of hydrogen-bond acceptors (Lipinski definition) is 3. The molecule has 1 aromatic rings. The maximum Gasteiger partial charge on any atom is 0.0666 e. The van der Waals surface area contributed by atoms with Crippen molar-refractivity contribution >= 4 is 0 Å². The number of rotatable bonds is 3. The Kier molecular flexibility index (Phi) is 3.39. The zero-order valence-electron chi connectivity index (χ0n) is 11.5. The molecule has 0 amide bonds. The maximum atomic E-state index is 4.54. The first-order chi connectivity index (χ1) is 8.76. The van der Waals surface area contributed by atoms with Crippen LogP contribution in [0.25, 0.3) is 0 Å². The van der Waals surface area contributed by atoms with Crippen LogP contribution in [-0.4, -0.2) is 40.4 Å². The van der Waals surface area contributed by atoms with Crippen molar-refractivity contribution in [1.29, 1.82) is 0 Å². The van der Waals surface area contributed by atoms with Crippen LogP contribution in [0.3, 0.4) is 0 Å². The Labute approximate surface area is 109 Å². The van der Waals surface area contributed by atoms with Crippen LogP contribution in [0.5, 0.6) is 0 Å². The van der Waals surface area contributed by atoms with Crippen LogP contribution in [-0.2, 0) is 20.0 Å². The number of piperidine rings is 1. The second-order valence-corrected chi connectivity index (χ2v) is 5.79. The predicted octanol–water partition coefficient (Wildman–Crippen LogP) is 1.17. The fourth-order valence-corrected chi connectivity index (χ4v) is 3.52. The predicted molar refractivity (Wildman–Crippen MR) is 72.4 cm³/mol. The Bertz CT molecular complexity index is 398. The normalized spacial score (nSPS) is 28.6. The third-order valence-electron chi connectivity index (χ3n) is 4.40. The average Bonchev–Trinajstić information content (AvgIpc) is 2.92. The van der Waals surface area contributed by atoms with Gasteiger partial charge in [-0.05, 0) is 31.7 Å². The lowest BCUT2D eigenvalue weighted by molar-refractivity contribution is 0.312. The van der Waals surface area contributed by atoms with Crippen LogP contribution in [0.4, 0.5) is 0 Å². The van der Waals surface area contributed by atoms with Crippen molar-refractivity contribution in [2.45, 2.75) is 38.8 Å². The summed E-state index contributed by atoms with van der Waals surface area (Å²) in [5.74, 6) is 0.875. The minimum atomic E-state index is 0.737. The van der Waals surface area contributed by atoms with E-state index in [4.69, 9.17) is 0 Å². The zero-order valence-corrected chi connectivity index (χ0v) is 11.5. The molecule has 0 saturated carbocycles. The highest BCUT2D eigenvalue weighted by atomic mass is 15.3. The summed E-state index contributed by atoms with van der Waals surface area (Å²) in [5, 5.41) is 8.20. The topological polar surface area (TPSA) is 33.1 Å². The van der Waals surface area contributed by atoms with Gasteiger partial charge < -0.3 is 5.32 Å². The molecule has 2 unspecified atom stereocenters. The van der Waals surface area contributed by atoms with E-state index in [0.29, 0.717) is 0 Å². The Hall–Kier alpha value is -0.870. The molecule has 4 nitrogen and oxygen atoms in total. The van der Waals surface area contributed by atoms with Crippen LogP contribution in [0, 0.1) is 5.92 Å². The van der Waals surface area contributed by atoms with Crippen LogP contribution in [0.2, 0.25) is 0 Å². The van der Waals surface area contributed by atoms with Gasteiger partial charge in [0.25, 0.3) is 0 Å². The first-order valence-corrected chi connectivity index (χ1v) is 7.23. The molecule has 1 N–H and O–H groups in total. The average molecular weight is 248 g/mol. The third kappa shape index (κ3) is 2.31. The summed E-state index contributed by atoms with van der Waals surface area (Å²) in [6.07, 6.45) is 5.98. The molecule has 2 atom stereocenters. The number of aromatic nitrogens is 2. The zero-order chi connectivity index (χ0) is 12.5. The molecular formula is C14H24N4. The molecule has 2 aliphatic heterocycles. The van der Waals surface area contributed by atoms with Crippen molar-refractivity contribution in [2.24, 2.45) is 13.0 Å². The number of nitrogens with one attached hydrogen (secondary N) is 1. The van der Waals surface area contributed by atoms with Crippen LogP contribution in [0.1, 0.15) is 31.0 Å². The van der Waals surface area contributed by atoms with Crippen molar-refractivity contribution in [3.05, 3.63) is 17.5 Å². The molecule has 0 bridgehead atoms. The summed E-state index contributed by atoms with van der Waals surface area (Å²) in [6.45, 7) is 6.95. The van der Waals surface area contributed by atoms with Crippen molar-refractivity contribution in [2.75, 3.05) is 19.6 Å². The monoisotopic (exact) mass is 248 g/mol. The van der Waals surface area contributed by atoms with Crippen molar-refractivity contribution in [3.63, 3.8) is 0 Å². The summed E-state index contributed by atoms with van der Waals surface area (Å²) in [5.41, 5.74) is 2.68. The van der Waals surface area contributed by atoms with Gasteiger partial charge in [-0.2, -0.15) is 5.10 Å². The van der Waals surface area contributed by atoms with E-state index in [1.165, 1.54) is 43.7 Å². The van der Waals surface area contributed by atoms with Gasteiger partial charge in [-0.3, -0.25) is 9.58 Å². The van der Waals surface area contributed by atoms with E-state index >= 15 is 0 Å². The van der Waals surface area contributed by atoms with E-state index in [1.807, 2.05) is 11.7 Å². The van der Waals surface area contributed by atoms with Gasteiger partial charge in [0.1, 0.15) is 0 Å². The molecule has 18 heavy (non-hydrogen) atoms. The minimum absolute atomic E-state index is 0.737. The first-order valence-electron chi connectivity index (χ1n) is 7.23. The molecule has 4 heteroatoms. The summed E-state index contributed by atoms with van der Waals surface area (Å²) < 4.78 is 1.95. The Morgan fingerprint density at radius 3 is 3.11 bits per heavy atom. The number of likely N-dealkylation sites (tertiary alicyclic amines) is 1. The van der Waals surface area contributed by atoms with Gasteiger partial charge in [0, 0.05) is 44.5 Å². The second kappa shape index (κ2) is 5.02. The molecule has 2 aliphatic rings. The molecule has 3 heterocycles. The minimum Gasteiger partial charge on any atom is -0.312 e. The Balaban J connectivity index is 1.66.